The van der Waals surface area contributed by atoms with Crippen molar-refractivity contribution in [3.05, 3.63) is 28.0 Å². The molecule has 1 saturated heterocycles. The van der Waals surface area contributed by atoms with E-state index in [9.17, 15) is 4.79 Å². The second kappa shape index (κ2) is 6.07. The molecule has 19 heavy (non-hydrogen) atoms. The molecule has 0 bridgehead atoms. The average molecular weight is 302 g/mol. The van der Waals surface area contributed by atoms with E-state index in [0.29, 0.717) is 11.5 Å². The van der Waals surface area contributed by atoms with Crippen LogP contribution in [0.2, 0.25) is 10.3 Å². The van der Waals surface area contributed by atoms with Crippen molar-refractivity contribution in [3.8, 4) is 0 Å². The van der Waals surface area contributed by atoms with Crippen LogP contribution in [0.25, 0.3) is 0 Å². The number of halogens is 2. The molecule has 0 saturated carbocycles. The SMILES string of the molecule is CN1CCC(CN(C)C(=O)c2cc(Cl)nc(Cl)c2)C1. The fourth-order valence-corrected chi connectivity index (χ4v) is 2.91. The molecule has 0 N–H and O–H groups in total. The number of rotatable bonds is 3. The smallest absolute Gasteiger partial charge is 0.253 e. The van der Waals surface area contributed by atoms with Gasteiger partial charge in [0.1, 0.15) is 10.3 Å². The van der Waals surface area contributed by atoms with Gasteiger partial charge in [-0.1, -0.05) is 23.2 Å². The molecule has 4 nitrogen and oxygen atoms in total. The Labute approximate surface area is 123 Å². The minimum atomic E-state index is -0.0687. The number of aromatic nitrogens is 1. The molecular formula is C13H17Cl2N3O. The van der Waals surface area contributed by atoms with Gasteiger partial charge >= 0.3 is 0 Å². The second-order valence-electron chi connectivity index (χ2n) is 5.10. The highest BCUT2D eigenvalue weighted by Gasteiger charge is 2.23. The Balaban J connectivity index is 2.02. The number of amides is 1. The molecule has 1 aliphatic heterocycles. The van der Waals surface area contributed by atoms with Crippen LogP contribution in [0.15, 0.2) is 12.1 Å². The summed E-state index contributed by atoms with van der Waals surface area (Å²) in [4.78, 5) is 20.1. The highest BCUT2D eigenvalue weighted by atomic mass is 35.5. The summed E-state index contributed by atoms with van der Waals surface area (Å²) in [7, 11) is 3.91. The van der Waals surface area contributed by atoms with Crippen molar-refractivity contribution in [1.82, 2.24) is 14.8 Å². The molecular weight excluding hydrogens is 285 g/mol. The fraction of sp³-hybridized carbons (Fsp3) is 0.538. The first kappa shape index (κ1) is 14.6. The van der Waals surface area contributed by atoms with Crippen LogP contribution in [0.5, 0.6) is 0 Å². The first-order chi connectivity index (χ1) is 8.95. The van der Waals surface area contributed by atoms with Crippen molar-refractivity contribution < 1.29 is 4.79 Å². The molecule has 2 rings (SSSR count). The van der Waals surface area contributed by atoms with Gasteiger partial charge in [-0.3, -0.25) is 4.79 Å². The standard InChI is InChI=1S/C13H17Cl2N3O/c1-17-4-3-9(7-17)8-18(2)13(19)10-5-11(14)16-12(15)6-10/h5-6,9H,3-4,7-8H2,1-2H3. The first-order valence-electron chi connectivity index (χ1n) is 6.23. The zero-order valence-corrected chi connectivity index (χ0v) is 12.6. The van der Waals surface area contributed by atoms with Crippen LogP contribution < -0.4 is 0 Å². The molecule has 6 heteroatoms. The molecule has 104 valence electrons. The van der Waals surface area contributed by atoms with Crippen LogP contribution in [0.1, 0.15) is 16.8 Å². The third-order valence-corrected chi connectivity index (χ3v) is 3.76. The third kappa shape index (κ3) is 3.81. The predicted octanol–water partition coefficient (Wildman–Crippen LogP) is 2.41. The van der Waals surface area contributed by atoms with Crippen molar-refractivity contribution in [2.24, 2.45) is 5.92 Å². The summed E-state index contributed by atoms with van der Waals surface area (Å²) in [5.74, 6) is 0.465. The predicted molar refractivity (Wildman–Crippen MR) is 76.8 cm³/mol. The van der Waals surface area contributed by atoms with E-state index in [-0.39, 0.29) is 16.2 Å². The van der Waals surface area contributed by atoms with Crippen LogP contribution >= 0.6 is 23.2 Å². The maximum absolute atomic E-state index is 12.3. The van der Waals surface area contributed by atoms with E-state index < -0.39 is 0 Å². The zero-order chi connectivity index (χ0) is 14.0. The largest absolute Gasteiger partial charge is 0.341 e. The van der Waals surface area contributed by atoms with Gasteiger partial charge < -0.3 is 9.80 Å². The Morgan fingerprint density at radius 1 is 1.47 bits per heavy atom. The molecule has 2 heterocycles. The Hall–Kier alpha value is -0.840. The van der Waals surface area contributed by atoms with Gasteiger partial charge in [-0.15, -0.1) is 0 Å². The number of pyridine rings is 1. The van der Waals surface area contributed by atoms with Gasteiger partial charge in [-0.2, -0.15) is 0 Å². The lowest BCUT2D eigenvalue weighted by atomic mass is 10.1. The van der Waals surface area contributed by atoms with E-state index in [0.717, 1.165) is 26.1 Å². The highest BCUT2D eigenvalue weighted by Crippen LogP contribution is 2.19. The lowest BCUT2D eigenvalue weighted by Crippen LogP contribution is -2.32. The normalized spacial score (nSPS) is 19.7. The number of carbonyl (C=O) groups is 1. The van der Waals surface area contributed by atoms with Gasteiger partial charge in [0.25, 0.3) is 5.91 Å². The van der Waals surface area contributed by atoms with Crippen molar-refractivity contribution in [1.29, 1.82) is 0 Å². The molecule has 1 amide bonds. The quantitative estimate of drug-likeness (QED) is 0.805. The van der Waals surface area contributed by atoms with Gasteiger partial charge in [0.2, 0.25) is 0 Å². The topological polar surface area (TPSA) is 36.4 Å². The van der Waals surface area contributed by atoms with E-state index in [4.69, 9.17) is 23.2 Å². The van der Waals surface area contributed by atoms with E-state index in [1.54, 1.807) is 17.0 Å². The molecule has 0 spiro atoms. The molecule has 1 aromatic heterocycles. The molecule has 0 aromatic carbocycles. The van der Waals surface area contributed by atoms with Crippen LogP contribution in [0, 0.1) is 5.92 Å². The van der Waals surface area contributed by atoms with E-state index in [2.05, 4.69) is 16.9 Å². The van der Waals surface area contributed by atoms with Crippen LogP contribution in [-0.2, 0) is 0 Å². The molecule has 0 radical (unpaired) electrons. The summed E-state index contributed by atoms with van der Waals surface area (Å²) in [5.41, 5.74) is 0.485. The fourth-order valence-electron chi connectivity index (χ4n) is 2.45. The summed E-state index contributed by atoms with van der Waals surface area (Å²) in [6.07, 6.45) is 1.13. The van der Waals surface area contributed by atoms with E-state index >= 15 is 0 Å². The van der Waals surface area contributed by atoms with Crippen LogP contribution in [0.4, 0.5) is 0 Å². The summed E-state index contributed by atoms with van der Waals surface area (Å²) >= 11 is 11.6. The number of likely N-dealkylation sites (tertiary alicyclic amines) is 1. The van der Waals surface area contributed by atoms with Gasteiger partial charge in [0.15, 0.2) is 0 Å². The van der Waals surface area contributed by atoms with Crippen molar-refractivity contribution in [3.63, 3.8) is 0 Å². The third-order valence-electron chi connectivity index (χ3n) is 3.38. The number of carbonyl (C=O) groups excluding carboxylic acids is 1. The van der Waals surface area contributed by atoms with Gasteiger partial charge in [0.05, 0.1) is 0 Å². The monoisotopic (exact) mass is 301 g/mol. The van der Waals surface area contributed by atoms with Crippen LogP contribution in [0.3, 0.4) is 0 Å². The number of nitrogens with zero attached hydrogens (tertiary/aromatic N) is 3. The highest BCUT2D eigenvalue weighted by molar-refractivity contribution is 6.33. The zero-order valence-electron chi connectivity index (χ0n) is 11.1. The second-order valence-corrected chi connectivity index (χ2v) is 5.88. The summed E-state index contributed by atoms with van der Waals surface area (Å²) in [5, 5.41) is 0.481. The summed E-state index contributed by atoms with van der Waals surface area (Å²) in [6.45, 7) is 2.88. The molecule has 0 aliphatic carbocycles. The minimum Gasteiger partial charge on any atom is -0.341 e. The lowest BCUT2D eigenvalue weighted by molar-refractivity contribution is 0.0774. The Morgan fingerprint density at radius 3 is 2.63 bits per heavy atom. The Bertz CT molecular complexity index is 461. The lowest BCUT2D eigenvalue weighted by Gasteiger charge is -2.21. The van der Waals surface area contributed by atoms with E-state index in [1.807, 2.05) is 7.05 Å². The van der Waals surface area contributed by atoms with Gasteiger partial charge in [-0.25, -0.2) is 4.98 Å². The maximum Gasteiger partial charge on any atom is 0.253 e. The number of hydrogen-bond acceptors (Lipinski definition) is 3. The van der Waals surface area contributed by atoms with Gasteiger partial charge in [-0.05, 0) is 38.1 Å². The molecule has 1 aliphatic rings. The van der Waals surface area contributed by atoms with Crippen LogP contribution in [-0.4, -0.2) is 54.4 Å². The maximum atomic E-state index is 12.3. The summed E-state index contributed by atoms with van der Waals surface area (Å²) < 4.78 is 0. The molecule has 1 aromatic rings. The van der Waals surface area contributed by atoms with Gasteiger partial charge in [0, 0.05) is 25.7 Å². The van der Waals surface area contributed by atoms with Crippen molar-refractivity contribution >= 4 is 29.1 Å². The first-order valence-corrected chi connectivity index (χ1v) is 6.98. The minimum absolute atomic E-state index is 0.0687. The summed E-state index contributed by atoms with van der Waals surface area (Å²) in [6, 6.07) is 3.10. The molecule has 1 unspecified atom stereocenters. The average Bonchev–Trinajstić information content (AvgIpc) is 2.72. The Morgan fingerprint density at radius 2 is 2.11 bits per heavy atom. The number of hydrogen-bond donors (Lipinski definition) is 0. The molecule has 1 fully saturated rings. The van der Waals surface area contributed by atoms with E-state index in [1.165, 1.54) is 0 Å². The molecule has 1 atom stereocenters. The van der Waals surface area contributed by atoms with Crippen molar-refractivity contribution in [2.75, 3.05) is 33.7 Å². The van der Waals surface area contributed by atoms with Crippen molar-refractivity contribution in [2.45, 2.75) is 6.42 Å². The Kier molecular flexibility index (Phi) is 4.66.